The number of methoxy groups -OCH3 is 2. The second-order valence-electron chi connectivity index (χ2n) is 10.3. The van der Waals surface area contributed by atoms with Crippen molar-refractivity contribution in [3.63, 3.8) is 0 Å². The largest absolute Gasteiger partial charge is 0.495 e. The highest BCUT2D eigenvalue weighted by Crippen LogP contribution is 2.33. The van der Waals surface area contributed by atoms with Crippen LogP contribution in [-0.4, -0.2) is 56.1 Å². The van der Waals surface area contributed by atoms with Crippen molar-refractivity contribution in [2.24, 2.45) is 0 Å². The van der Waals surface area contributed by atoms with Crippen LogP contribution in [0.5, 0.6) is 5.75 Å². The molecule has 5 aromatic rings. The maximum absolute atomic E-state index is 13.3. The molecule has 0 aliphatic rings. The SMILES string of the molecule is COC(=O)Nc1ccc(-c2cccc(C(=O)c3cc(OC)c(Cl)cn3)c2)c(NC(=O)CCCCS(=O)(=O)c2nc3ccccc3s2)c1. The summed E-state index contributed by atoms with van der Waals surface area (Å²) in [7, 11) is -0.926. The maximum atomic E-state index is 13.3. The number of carbonyl (C=O) groups excluding carboxylic acids is 3. The van der Waals surface area contributed by atoms with E-state index in [-0.39, 0.29) is 45.3 Å². The summed E-state index contributed by atoms with van der Waals surface area (Å²) in [5.74, 6) is -0.547. The maximum Gasteiger partial charge on any atom is 0.411 e. The van der Waals surface area contributed by atoms with Gasteiger partial charge in [-0.25, -0.2) is 18.2 Å². The molecule has 2 aromatic heterocycles. The number of carbonyl (C=O) groups is 3. The number of sulfone groups is 1. The fourth-order valence-electron chi connectivity index (χ4n) is 4.68. The number of ketones is 1. The fourth-order valence-corrected chi connectivity index (χ4v) is 7.59. The Morgan fingerprint density at radius 1 is 0.936 bits per heavy atom. The van der Waals surface area contributed by atoms with Crippen LogP contribution in [0.15, 0.2) is 83.3 Å². The Kier molecular flexibility index (Phi) is 10.5. The Hall–Kier alpha value is -4.85. The predicted octanol–water partition coefficient (Wildman–Crippen LogP) is 7.01. The third-order valence-electron chi connectivity index (χ3n) is 7.04. The van der Waals surface area contributed by atoms with E-state index in [4.69, 9.17) is 16.3 Å². The predicted molar refractivity (Wildman–Crippen MR) is 181 cm³/mol. The molecule has 0 spiro atoms. The summed E-state index contributed by atoms with van der Waals surface area (Å²) >= 11 is 7.20. The van der Waals surface area contributed by atoms with Crippen LogP contribution in [0.1, 0.15) is 35.3 Å². The van der Waals surface area contributed by atoms with Crippen LogP contribution < -0.4 is 15.4 Å². The van der Waals surface area contributed by atoms with Gasteiger partial charge < -0.3 is 14.8 Å². The zero-order valence-electron chi connectivity index (χ0n) is 25.3. The van der Waals surface area contributed by atoms with Crippen molar-refractivity contribution in [2.75, 3.05) is 30.6 Å². The number of halogens is 1. The molecule has 47 heavy (non-hydrogen) atoms. The molecule has 242 valence electrons. The van der Waals surface area contributed by atoms with Gasteiger partial charge in [-0.2, -0.15) is 0 Å². The van der Waals surface area contributed by atoms with Crippen LogP contribution in [0, 0.1) is 0 Å². The second-order valence-corrected chi connectivity index (χ2v) is 14.0. The number of amides is 2. The van der Waals surface area contributed by atoms with Gasteiger partial charge in [-0.1, -0.05) is 48.0 Å². The van der Waals surface area contributed by atoms with E-state index in [1.807, 2.05) is 12.1 Å². The molecule has 0 bridgehead atoms. The van der Waals surface area contributed by atoms with Crippen LogP contribution in [0.4, 0.5) is 16.2 Å². The molecule has 0 aliphatic carbocycles. The van der Waals surface area contributed by atoms with E-state index in [9.17, 15) is 22.8 Å². The summed E-state index contributed by atoms with van der Waals surface area (Å²) in [6.45, 7) is 0. The number of para-hydroxylation sites is 1. The molecule has 14 heteroatoms. The van der Waals surface area contributed by atoms with Gasteiger partial charge in [0.1, 0.15) is 16.5 Å². The van der Waals surface area contributed by atoms with E-state index < -0.39 is 15.9 Å². The number of pyridine rings is 1. The van der Waals surface area contributed by atoms with E-state index in [1.165, 1.54) is 26.5 Å². The lowest BCUT2D eigenvalue weighted by Crippen LogP contribution is -2.15. The fraction of sp³-hybridized carbons (Fsp3) is 0.182. The number of ether oxygens (including phenoxy) is 2. The molecule has 2 heterocycles. The van der Waals surface area contributed by atoms with E-state index >= 15 is 0 Å². The van der Waals surface area contributed by atoms with Crippen molar-refractivity contribution in [2.45, 2.75) is 23.6 Å². The average molecular weight is 693 g/mol. The van der Waals surface area contributed by atoms with Crippen molar-refractivity contribution >= 4 is 72.2 Å². The van der Waals surface area contributed by atoms with E-state index in [2.05, 4.69) is 25.3 Å². The van der Waals surface area contributed by atoms with Gasteiger partial charge in [0.05, 0.1) is 42.1 Å². The van der Waals surface area contributed by atoms with Gasteiger partial charge in [-0.3, -0.25) is 19.9 Å². The molecule has 0 radical (unpaired) electrons. The summed E-state index contributed by atoms with van der Waals surface area (Å²) < 4.78 is 36.5. The van der Waals surface area contributed by atoms with Gasteiger partial charge in [-0.15, -0.1) is 11.3 Å². The molecule has 0 fully saturated rings. The van der Waals surface area contributed by atoms with Crippen LogP contribution in [-0.2, 0) is 19.4 Å². The second kappa shape index (κ2) is 14.7. The third-order valence-corrected chi connectivity index (χ3v) is 10.6. The number of nitrogens with one attached hydrogen (secondary N) is 2. The Morgan fingerprint density at radius 2 is 1.74 bits per heavy atom. The van der Waals surface area contributed by atoms with Gasteiger partial charge in [0.15, 0.2) is 0 Å². The number of nitrogens with zero attached hydrogens (tertiary/aromatic N) is 2. The number of hydrogen-bond donors (Lipinski definition) is 2. The Bertz CT molecular complexity index is 2050. The first-order chi connectivity index (χ1) is 22.6. The smallest absolute Gasteiger partial charge is 0.411 e. The minimum absolute atomic E-state index is 0.0477. The number of aromatic nitrogens is 2. The van der Waals surface area contributed by atoms with Gasteiger partial charge >= 0.3 is 6.09 Å². The van der Waals surface area contributed by atoms with Crippen LogP contribution >= 0.6 is 22.9 Å². The van der Waals surface area contributed by atoms with Crippen molar-refractivity contribution in [1.82, 2.24) is 9.97 Å². The zero-order valence-corrected chi connectivity index (χ0v) is 27.7. The number of benzene rings is 3. The van der Waals surface area contributed by atoms with Crippen molar-refractivity contribution in [3.8, 4) is 16.9 Å². The lowest BCUT2D eigenvalue weighted by atomic mass is 9.98. The quantitative estimate of drug-likeness (QED) is 0.104. The molecular weight excluding hydrogens is 664 g/mol. The molecule has 0 aliphatic heterocycles. The van der Waals surface area contributed by atoms with Gasteiger partial charge in [0.25, 0.3) is 0 Å². The highest BCUT2D eigenvalue weighted by Gasteiger charge is 2.20. The van der Waals surface area contributed by atoms with Gasteiger partial charge in [0.2, 0.25) is 25.9 Å². The molecule has 0 unspecified atom stereocenters. The van der Waals surface area contributed by atoms with E-state index in [1.54, 1.807) is 54.6 Å². The molecule has 0 saturated carbocycles. The summed E-state index contributed by atoms with van der Waals surface area (Å²) in [6, 6.07) is 20.4. The molecule has 2 amide bonds. The lowest BCUT2D eigenvalue weighted by molar-refractivity contribution is -0.116. The highest BCUT2D eigenvalue weighted by molar-refractivity contribution is 7.93. The standard InChI is InChI=1S/C33H29ClN4O7S2/c1-44-28-18-27(35-19-24(28)34)31(40)21-9-7-8-20(16-21)23-14-13-22(36-32(41)45-2)17-26(23)37-30(39)12-5-6-15-47(42,43)33-38-25-10-3-4-11-29(25)46-33/h3-4,7-11,13-14,16-19H,5-6,12,15H2,1-2H3,(H,36,41)(H,37,39). The summed E-state index contributed by atoms with van der Waals surface area (Å²) in [5.41, 5.74) is 3.01. The third kappa shape index (κ3) is 8.12. The number of thiazole rings is 1. The number of hydrogen-bond acceptors (Lipinski definition) is 10. The topological polar surface area (TPSA) is 154 Å². The molecule has 0 atom stereocenters. The monoisotopic (exact) mass is 692 g/mol. The van der Waals surface area contributed by atoms with Crippen LogP contribution in [0.2, 0.25) is 5.02 Å². The van der Waals surface area contributed by atoms with Gasteiger partial charge in [-0.05, 0) is 48.7 Å². The van der Waals surface area contributed by atoms with E-state index in [0.29, 0.717) is 45.8 Å². The minimum atomic E-state index is -3.60. The Balaban J connectivity index is 1.31. The summed E-state index contributed by atoms with van der Waals surface area (Å²) in [6.07, 6.45) is 1.27. The Labute approximate surface area is 279 Å². The highest BCUT2D eigenvalue weighted by atomic mass is 35.5. The molecule has 0 saturated heterocycles. The molecule has 2 N–H and O–H groups in total. The van der Waals surface area contributed by atoms with E-state index in [0.717, 1.165) is 16.0 Å². The van der Waals surface area contributed by atoms with Gasteiger partial charge in [0, 0.05) is 29.3 Å². The number of fused-ring (bicyclic) bond motifs is 1. The number of unbranched alkanes of at least 4 members (excludes halogenated alkanes) is 1. The first-order valence-corrected chi connectivity index (χ1v) is 17.1. The number of anilines is 2. The molecule has 3 aromatic carbocycles. The van der Waals surface area contributed by atoms with Crippen molar-refractivity contribution in [3.05, 3.63) is 95.3 Å². The average Bonchev–Trinajstić information content (AvgIpc) is 3.52. The zero-order chi connectivity index (χ0) is 33.6. The van der Waals surface area contributed by atoms with Crippen LogP contribution in [0.3, 0.4) is 0 Å². The first kappa shape index (κ1) is 33.5. The van der Waals surface area contributed by atoms with Crippen molar-refractivity contribution < 1.29 is 32.3 Å². The van der Waals surface area contributed by atoms with Crippen LogP contribution in [0.25, 0.3) is 21.3 Å². The van der Waals surface area contributed by atoms with Crippen molar-refractivity contribution in [1.29, 1.82) is 0 Å². The molecule has 5 rings (SSSR count). The minimum Gasteiger partial charge on any atom is -0.495 e. The summed E-state index contributed by atoms with van der Waals surface area (Å²) in [4.78, 5) is 46.6. The Morgan fingerprint density at radius 3 is 2.51 bits per heavy atom. The number of rotatable bonds is 12. The normalized spacial score (nSPS) is 11.2. The lowest BCUT2D eigenvalue weighted by Gasteiger charge is -2.15. The molecular formula is C33H29ClN4O7S2. The first-order valence-electron chi connectivity index (χ1n) is 14.3. The molecule has 11 nitrogen and oxygen atoms in total. The summed E-state index contributed by atoms with van der Waals surface area (Å²) in [5, 5.41) is 5.72.